The Morgan fingerprint density at radius 3 is 2.06 bits per heavy atom. The predicted molar refractivity (Wildman–Crippen MR) is 130 cm³/mol. The number of rotatable bonds is 7. The number of halogens is 1. The van der Waals surface area contributed by atoms with Crippen LogP contribution in [0.25, 0.3) is 0 Å². The number of fused-ring (bicyclic) bond motifs is 1. The van der Waals surface area contributed by atoms with E-state index in [0.717, 1.165) is 11.1 Å². The topological polar surface area (TPSA) is 114 Å². The zero-order chi connectivity index (χ0) is 25.3. The Bertz CT molecular complexity index is 1380. The van der Waals surface area contributed by atoms with Crippen LogP contribution in [0.15, 0.2) is 77.7 Å². The van der Waals surface area contributed by atoms with E-state index in [1.54, 1.807) is 0 Å². The molecule has 0 spiro atoms. The van der Waals surface area contributed by atoms with Gasteiger partial charge in [-0.1, -0.05) is 24.3 Å². The minimum absolute atomic E-state index is 0.0694. The molecule has 0 unspecified atom stereocenters. The zero-order valence-corrected chi connectivity index (χ0v) is 20.0. The molecular weight excluding hydrogens is 485 g/mol. The van der Waals surface area contributed by atoms with Crippen molar-refractivity contribution in [3.8, 4) is 0 Å². The summed E-state index contributed by atoms with van der Waals surface area (Å²) in [7, 11) is -3.71. The highest BCUT2D eigenvalue weighted by Crippen LogP contribution is 2.32. The Labute approximate surface area is 207 Å². The summed E-state index contributed by atoms with van der Waals surface area (Å²) in [5.41, 5.74) is 1.24. The van der Waals surface area contributed by atoms with Crippen molar-refractivity contribution in [2.45, 2.75) is 29.3 Å². The summed E-state index contributed by atoms with van der Waals surface area (Å²) in [5.74, 6) is -1.39. The summed E-state index contributed by atoms with van der Waals surface area (Å²) in [6, 6.07) is 18.2. The summed E-state index contributed by atoms with van der Waals surface area (Å²) in [4.78, 5) is 26.6. The lowest BCUT2D eigenvalue weighted by atomic mass is 9.93. The first-order chi connectivity index (χ1) is 17.2. The molecular formula is C26H24FN3O5S. The molecule has 1 saturated heterocycles. The normalized spacial score (nSPS) is 16.6. The SMILES string of the molecule is O=C(NC1(C(=O)Nc2ccc(S(=O)(=O)NC3COC3)cc2)Cc2ccccc2C1)c1ccc(F)cc1. The van der Waals surface area contributed by atoms with Gasteiger partial charge in [0.2, 0.25) is 10.0 Å². The first-order valence-corrected chi connectivity index (χ1v) is 12.9. The molecule has 8 nitrogen and oxygen atoms in total. The molecule has 3 N–H and O–H groups in total. The fourth-order valence-corrected chi connectivity index (χ4v) is 5.58. The lowest BCUT2D eigenvalue weighted by Crippen LogP contribution is -2.57. The van der Waals surface area contributed by atoms with Gasteiger partial charge >= 0.3 is 0 Å². The van der Waals surface area contributed by atoms with E-state index in [1.165, 1.54) is 48.5 Å². The molecule has 2 amide bonds. The van der Waals surface area contributed by atoms with E-state index < -0.39 is 33.2 Å². The van der Waals surface area contributed by atoms with Gasteiger partial charge in [0.1, 0.15) is 11.4 Å². The maximum atomic E-state index is 13.6. The lowest BCUT2D eigenvalue weighted by molar-refractivity contribution is -0.121. The van der Waals surface area contributed by atoms with Crippen LogP contribution in [-0.2, 0) is 32.4 Å². The first-order valence-electron chi connectivity index (χ1n) is 11.4. The van der Waals surface area contributed by atoms with Crippen molar-refractivity contribution >= 4 is 27.5 Å². The third-order valence-electron chi connectivity index (χ3n) is 6.38. The van der Waals surface area contributed by atoms with Crippen LogP contribution >= 0.6 is 0 Å². The van der Waals surface area contributed by atoms with Crippen LogP contribution in [0.4, 0.5) is 10.1 Å². The summed E-state index contributed by atoms with van der Waals surface area (Å²) in [6.45, 7) is 0.670. The van der Waals surface area contributed by atoms with Gasteiger partial charge in [0, 0.05) is 24.1 Å². The van der Waals surface area contributed by atoms with Crippen LogP contribution in [0, 0.1) is 5.82 Å². The maximum Gasteiger partial charge on any atom is 0.252 e. The van der Waals surface area contributed by atoms with Gasteiger partial charge in [-0.3, -0.25) is 9.59 Å². The van der Waals surface area contributed by atoms with Crippen molar-refractivity contribution in [1.29, 1.82) is 0 Å². The number of carbonyl (C=O) groups excluding carboxylic acids is 2. The molecule has 1 aliphatic carbocycles. The number of carbonyl (C=O) groups is 2. The van der Waals surface area contributed by atoms with Crippen LogP contribution in [0.5, 0.6) is 0 Å². The number of nitrogens with one attached hydrogen (secondary N) is 3. The van der Waals surface area contributed by atoms with Crippen molar-refractivity contribution in [3.63, 3.8) is 0 Å². The van der Waals surface area contributed by atoms with E-state index >= 15 is 0 Å². The third-order valence-corrected chi connectivity index (χ3v) is 7.92. The largest absolute Gasteiger partial charge is 0.378 e. The summed E-state index contributed by atoms with van der Waals surface area (Å²) in [6.07, 6.45) is 0.559. The quantitative estimate of drug-likeness (QED) is 0.453. The van der Waals surface area contributed by atoms with Gasteiger partial charge < -0.3 is 15.4 Å². The monoisotopic (exact) mass is 509 g/mol. The summed E-state index contributed by atoms with van der Waals surface area (Å²) < 4.78 is 45.9. The molecule has 1 heterocycles. The number of hydrogen-bond donors (Lipinski definition) is 3. The smallest absolute Gasteiger partial charge is 0.252 e. The number of anilines is 1. The molecule has 3 aromatic rings. The zero-order valence-electron chi connectivity index (χ0n) is 19.2. The molecule has 5 rings (SSSR count). The van der Waals surface area contributed by atoms with E-state index in [-0.39, 0.29) is 29.3 Å². The fourth-order valence-electron chi connectivity index (χ4n) is 4.37. The highest BCUT2D eigenvalue weighted by atomic mass is 32.2. The Hall–Kier alpha value is -3.60. The van der Waals surface area contributed by atoms with Crippen LogP contribution in [0.3, 0.4) is 0 Å². The highest BCUT2D eigenvalue weighted by molar-refractivity contribution is 7.89. The Morgan fingerprint density at radius 2 is 1.50 bits per heavy atom. The van der Waals surface area contributed by atoms with Gasteiger partial charge in [-0.2, -0.15) is 0 Å². The third kappa shape index (κ3) is 4.88. The van der Waals surface area contributed by atoms with Crippen molar-refractivity contribution in [1.82, 2.24) is 10.0 Å². The average Bonchev–Trinajstić information content (AvgIpc) is 3.22. The second-order valence-electron chi connectivity index (χ2n) is 9.00. The Kier molecular flexibility index (Phi) is 6.33. The Balaban J connectivity index is 1.36. The number of amides is 2. The van der Waals surface area contributed by atoms with Gasteiger partial charge in [-0.05, 0) is 59.7 Å². The molecule has 3 aromatic carbocycles. The Morgan fingerprint density at radius 1 is 0.889 bits per heavy atom. The van der Waals surface area contributed by atoms with Gasteiger partial charge in [-0.25, -0.2) is 17.5 Å². The molecule has 0 bridgehead atoms. The minimum atomic E-state index is -3.71. The predicted octanol–water partition coefficient (Wildman–Crippen LogP) is 2.41. The molecule has 36 heavy (non-hydrogen) atoms. The van der Waals surface area contributed by atoms with Gasteiger partial charge in [-0.15, -0.1) is 0 Å². The number of benzene rings is 3. The van der Waals surface area contributed by atoms with Crippen molar-refractivity contribution in [2.75, 3.05) is 18.5 Å². The van der Waals surface area contributed by atoms with Gasteiger partial charge in [0.05, 0.1) is 24.2 Å². The second-order valence-corrected chi connectivity index (χ2v) is 10.7. The molecule has 0 saturated carbocycles. The maximum absolute atomic E-state index is 13.6. The number of ether oxygens (including phenoxy) is 1. The highest BCUT2D eigenvalue weighted by Gasteiger charge is 2.45. The number of sulfonamides is 1. The van der Waals surface area contributed by atoms with E-state index in [9.17, 15) is 22.4 Å². The molecule has 0 aromatic heterocycles. The lowest BCUT2D eigenvalue weighted by Gasteiger charge is -2.29. The standard InChI is InChI=1S/C26H24FN3O5S/c27-20-7-5-17(6-8-20)24(31)29-26(13-18-3-1-2-4-19(18)14-26)25(32)28-21-9-11-23(12-10-21)36(33,34)30-22-15-35-16-22/h1-12,22,30H,13-16H2,(H,28,32)(H,29,31). The molecule has 0 atom stereocenters. The first kappa shape index (κ1) is 24.1. The van der Waals surface area contributed by atoms with Crippen LogP contribution < -0.4 is 15.4 Å². The van der Waals surface area contributed by atoms with Crippen LogP contribution in [0.2, 0.25) is 0 Å². The minimum Gasteiger partial charge on any atom is -0.378 e. The van der Waals surface area contributed by atoms with E-state index in [1.807, 2.05) is 24.3 Å². The van der Waals surface area contributed by atoms with Crippen molar-refractivity contribution < 1.29 is 27.1 Å². The molecule has 2 aliphatic rings. The summed E-state index contributed by atoms with van der Waals surface area (Å²) >= 11 is 0. The van der Waals surface area contributed by atoms with Crippen molar-refractivity contribution in [3.05, 3.63) is 95.3 Å². The van der Waals surface area contributed by atoms with E-state index in [0.29, 0.717) is 18.9 Å². The van der Waals surface area contributed by atoms with E-state index in [2.05, 4.69) is 15.4 Å². The molecule has 1 fully saturated rings. The summed E-state index contributed by atoms with van der Waals surface area (Å²) in [5, 5.41) is 5.69. The molecule has 10 heteroatoms. The second kappa shape index (κ2) is 9.45. The van der Waals surface area contributed by atoms with Crippen molar-refractivity contribution in [2.24, 2.45) is 0 Å². The molecule has 1 aliphatic heterocycles. The average molecular weight is 510 g/mol. The molecule has 186 valence electrons. The van der Waals surface area contributed by atoms with Crippen LogP contribution in [0.1, 0.15) is 21.5 Å². The van der Waals surface area contributed by atoms with Gasteiger partial charge in [0.25, 0.3) is 11.8 Å². The van der Waals surface area contributed by atoms with Gasteiger partial charge in [0.15, 0.2) is 0 Å². The van der Waals surface area contributed by atoms with E-state index in [4.69, 9.17) is 4.74 Å². The fraction of sp³-hybridized carbons (Fsp3) is 0.231. The number of hydrogen-bond acceptors (Lipinski definition) is 5. The molecule has 0 radical (unpaired) electrons. The van der Waals surface area contributed by atoms with Crippen LogP contribution in [-0.4, -0.2) is 45.0 Å².